The summed E-state index contributed by atoms with van der Waals surface area (Å²) in [6.07, 6.45) is 5.40. The van der Waals surface area contributed by atoms with Gasteiger partial charge in [-0.3, -0.25) is 14.4 Å². The normalized spacial score (nSPS) is 18.4. The second kappa shape index (κ2) is 13.1. The first-order valence-electron chi connectivity index (χ1n) is 11.9. The summed E-state index contributed by atoms with van der Waals surface area (Å²) < 4.78 is 0. The lowest BCUT2D eigenvalue weighted by Crippen LogP contribution is -2.57. The van der Waals surface area contributed by atoms with Crippen molar-refractivity contribution in [2.75, 3.05) is 6.54 Å². The third kappa shape index (κ3) is 8.77. The first kappa shape index (κ1) is 27.3. The van der Waals surface area contributed by atoms with Gasteiger partial charge in [-0.1, -0.05) is 27.7 Å². The number of aliphatic carboxylic acids is 1. The minimum absolute atomic E-state index is 0.0627. The molecule has 0 saturated carbocycles. The van der Waals surface area contributed by atoms with Crippen LogP contribution in [-0.2, 0) is 25.6 Å². The fourth-order valence-corrected chi connectivity index (χ4v) is 3.95. The third-order valence-corrected chi connectivity index (χ3v) is 5.65. The summed E-state index contributed by atoms with van der Waals surface area (Å²) in [7, 11) is 0. The highest BCUT2D eigenvalue weighted by Gasteiger charge is 2.32. The molecule has 11 nitrogen and oxygen atoms in total. The molecule has 0 radical (unpaired) electrons. The van der Waals surface area contributed by atoms with E-state index >= 15 is 0 Å². The molecule has 34 heavy (non-hydrogen) atoms. The molecule has 1 aromatic rings. The number of nitrogens with zero attached hydrogens (tertiary/aromatic N) is 1. The molecule has 4 unspecified atom stereocenters. The lowest BCUT2D eigenvalue weighted by atomic mass is 10.00. The van der Waals surface area contributed by atoms with E-state index in [1.54, 1.807) is 6.20 Å². The molecule has 11 heteroatoms. The molecule has 1 aromatic heterocycles. The maximum Gasteiger partial charge on any atom is 0.326 e. The second-order valence-corrected chi connectivity index (χ2v) is 9.71. The largest absolute Gasteiger partial charge is 0.480 e. The number of imidazole rings is 1. The number of rotatable bonds is 13. The van der Waals surface area contributed by atoms with Gasteiger partial charge >= 0.3 is 5.97 Å². The van der Waals surface area contributed by atoms with Crippen molar-refractivity contribution in [3.8, 4) is 0 Å². The van der Waals surface area contributed by atoms with Gasteiger partial charge in [0.15, 0.2) is 0 Å². The zero-order chi connectivity index (χ0) is 25.3. The molecular formula is C23H38N6O5. The number of carboxylic acids is 1. The number of hydrogen-bond donors (Lipinski definition) is 6. The Morgan fingerprint density at radius 1 is 1.00 bits per heavy atom. The van der Waals surface area contributed by atoms with Gasteiger partial charge in [0.1, 0.15) is 18.1 Å². The van der Waals surface area contributed by atoms with Crippen LogP contribution in [0.25, 0.3) is 0 Å². The summed E-state index contributed by atoms with van der Waals surface area (Å²) in [6, 6.07) is -3.27. The number of carboxylic acid groups (broad SMARTS) is 1. The third-order valence-electron chi connectivity index (χ3n) is 5.65. The predicted octanol–water partition coefficient (Wildman–Crippen LogP) is 0.335. The average Bonchev–Trinajstić information content (AvgIpc) is 3.45. The Hall–Kier alpha value is -2.95. The van der Waals surface area contributed by atoms with Gasteiger partial charge in [-0.15, -0.1) is 0 Å². The smallest absolute Gasteiger partial charge is 0.326 e. The van der Waals surface area contributed by atoms with Crippen LogP contribution in [0.15, 0.2) is 12.5 Å². The molecule has 1 aliphatic rings. The van der Waals surface area contributed by atoms with Crippen LogP contribution in [0, 0.1) is 11.8 Å². The Morgan fingerprint density at radius 3 is 2.15 bits per heavy atom. The van der Waals surface area contributed by atoms with E-state index in [9.17, 15) is 24.3 Å². The molecular weight excluding hydrogens is 440 g/mol. The molecule has 1 aliphatic heterocycles. The number of carbonyl (C=O) groups excluding carboxylic acids is 3. The van der Waals surface area contributed by atoms with Crippen LogP contribution in [-0.4, -0.2) is 69.5 Å². The Bertz CT molecular complexity index is 820. The van der Waals surface area contributed by atoms with Crippen molar-refractivity contribution in [2.24, 2.45) is 11.8 Å². The average molecular weight is 479 g/mol. The molecule has 1 fully saturated rings. The van der Waals surface area contributed by atoms with Gasteiger partial charge in [-0.25, -0.2) is 9.78 Å². The van der Waals surface area contributed by atoms with Gasteiger partial charge in [0.05, 0.1) is 12.4 Å². The van der Waals surface area contributed by atoms with E-state index in [1.807, 2.05) is 27.7 Å². The maximum absolute atomic E-state index is 13.2. The summed E-state index contributed by atoms with van der Waals surface area (Å²) in [5, 5.41) is 20.7. The van der Waals surface area contributed by atoms with E-state index in [-0.39, 0.29) is 36.6 Å². The fourth-order valence-electron chi connectivity index (χ4n) is 3.95. The van der Waals surface area contributed by atoms with Crippen molar-refractivity contribution < 1.29 is 24.3 Å². The first-order valence-corrected chi connectivity index (χ1v) is 11.9. The molecule has 6 N–H and O–H groups in total. The van der Waals surface area contributed by atoms with Gasteiger partial charge in [0.25, 0.3) is 0 Å². The van der Waals surface area contributed by atoms with Gasteiger partial charge in [0.2, 0.25) is 17.7 Å². The maximum atomic E-state index is 13.2. The van der Waals surface area contributed by atoms with E-state index in [0.717, 1.165) is 13.0 Å². The summed E-state index contributed by atoms with van der Waals surface area (Å²) in [6.45, 7) is 8.30. The fraction of sp³-hybridized carbons (Fsp3) is 0.696. The SMILES string of the molecule is CC(C)CC(NC(=O)C(CC(C)C)NC(=O)C(Cc1cnc[nH]1)NC(=O)C1CCCN1)C(=O)O. The molecule has 3 amide bonds. The lowest BCUT2D eigenvalue weighted by Gasteiger charge is -2.26. The quantitative estimate of drug-likeness (QED) is 0.238. The first-order chi connectivity index (χ1) is 16.1. The number of carbonyl (C=O) groups is 4. The number of H-pyrrole nitrogens is 1. The second-order valence-electron chi connectivity index (χ2n) is 9.71. The van der Waals surface area contributed by atoms with Crippen LogP contribution < -0.4 is 21.3 Å². The van der Waals surface area contributed by atoms with Crippen molar-refractivity contribution in [1.82, 2.24) is 31.2 Å². The minimum Gasteiger partial charge on any atom is -0.480 e. The van der Waals surface area contributed by atoms with Crippen molar-refractivity contribution >= 4 is 23.7 Å². The van der Waals surface area contributed by atoms with E-state index in [1.165, 1.54) is 6.33 Å². The number of aromatic amines is 1. The van der Waals surface area contributed by atoms with Crippen molar-refractivity contribution in [3.63, 3.8) is 0 Å². The van der Waals surface area contributed by atoms with Crippen LogP contribution in [0.2, 0.25) is 0 Å². The molecule has 0 spiro atoms. The molecule has 0 aliphatic carbocycles. The predicted molar refractivity (Wildman–Crippen MR) is 126 cm³/mol. The number of nitrogens with one attached hydrogen (secondary N) is 5. The minimum atomic E-state index is -1.12. The summed E-state index contributed by atoms with van der Waals surface area (Å²) in [4.78, 5) is 57.4. The zero-order valence-corrected chi connectivity index (χ0v) is 20.4. The van der Waals surface area contributed by atoms with Crippen molar-refractivity contribution in [2.45, 2.75) is 84.0 Å². The molecule has 0 bridgehead atoms. The molecule has 2 rings (SSSR count). The number of aromatic nitrogens is 2. The van der Waals surface area contributed by atoms with Gasteiger partial charge in [0, 0.05) is 18.3 Å². The van der Waals surface area contributed by atoms with Crippen LogP contribution in [0.5, 0.6) is 0 Å². The highest BCUT2D eigenvalue weighted by Crippen LogP contribution is 2.11. The van der Waals surface area contributed by atoms with E-state index < -0.39 is 35.9 Å². The summed E-state index contributed by atoms with van der Waals surface area (Å²) in [5.41, 5.74) is 0.660. The van der Waals surface area contributed by atoms with Gasteiger partial charge < -0.3 is 31.4 Å². The highest BCUT2D eigenvalue weighted by atomic mass is 16.4. The standard InChI is InChI=1S/C23H38N6O5/c1-13(2)8-17(21(31)29-19(23(33)34)9-14(3)4)27-22(32)18(10-15-11-24-12-26-15)28-20(30)16-6-5-7-25-16/h11-14,16-19,25H,5-10H2,1-4H3,(H,24,26)(H,27,32)(H,28,30)(H,29,31)(H,33,34). The van der Waals surface area contributed by atoms with Crippen molar-refractivity contribution in [1.29, 1.82) is 0 Å². The molecule has 1 saturated heterocycles. The Balaban J connectivity index is 2.14. The Kier molecular flexibility index (Phi) is 10.5. The Morgan fingerprint density at radius 2 is 1.62 bits per heavy atom. The van der Waals surface area contributed by atoms with E-state index in [2.05, 4.69) is 31.2 Å². The topological polar surface area (TPSA) is 165 Å². The summed E-state index contributed by atoms with van der Waals surface area (Å²) in [5.74, 6) is -2.34. The highest BCUT2D eigenvalue weighted by molar-refractivity contribution is 5.94. The molecule has 190 valence electrons. The summed E-state index contributed by atoms with van der Waals surface area (Å²) >= 11 is 0. The zero-order valence-electron chi connectivity index (χ0n) is 20.4. The van der Waals surface area contributed by atoms with Crippen LogP contribution >= 0.6 is 0 Å². The molecule has 0 aromatic carbocycles. The van der Waals surface area contributed by atoms with E-state index in [0.29, 0.717) is 18.5 Å². The van der Waals surface area contributed by atoms with Crippen LogP contribution in [0.1, 0.15) is 59.1 Å². The van der Waals surface area contributed by atoms with Crippen LogP contribution in [0.3, 0.4) is 0 Å². The van der Waals surface area contributed by atoms with Crippen LogP contribution in [0.4, 0.5) is 0 Å². The molecule has 2 heterocycles. The number of amides is 3. The molecule has 4 atom stereocenters. The Labute approximate surface area is 200 Å². The van der Waals surface area contributed by atoms with E-state index in [4.69, 9.17) is 0 Å². The van der Waals surface area contributed by atoms with Gasteiger partial charge in [-0.2, -0.15) is 0 Å². The lowest BCUT2D eigenvalue weighted by molar-refractivity contribution is -0.143. The van der Waals surface area contributed by atoms with Crippen molar-refractivity contribution in [3.05, 3.63) is 18.2 Å². The monoisotopic (exact) mass is 478 g/mol. The number of hydrogen-bond acceptors (Lipinski definition) is 6. The van der Waals surface area contributed by atoms with Gasteiger partial charge in [-0.05, 0) is 44.1 Å².